The SMILES string of the molecule is COCOC(C)(C)CC[C@H]1C[C@@]2(CC=C(C)C)C(=O)[C@](C(=O)C(C)C)(CCC2O)C1(C)C. The molecule has 32 heavy (non-hydrogen) atoms. The van der Waals surface area contributed by atoms with E-state index in [0.29, 0.717) is 25.7 Å². The average molecular weight is 451 g/mol. The molecule has 2 fully saturated rings. The first kappa shape index (κ1) is 27.2. The minimum atomic E-state index is -1.05. The van der Waals surface area contributed by atoms with Gasteiger partial charge in [0.1, 0.15) is 12.6 Å². The summed E-state index contributed by atoms with van der Waals surface area (Å²) < 4.78 is 11.0. The lowest BCUT2D eigenvalue weighted by atomic mass is 9.38. The first-order valence-corrected chi connectivity index (χ1v) is 12.2. The molecule has 0 aromatic heterocycles. The van der Waals surface area contributed by atoms with Crippen LogP contribution in [-0.4, -0.2) is 42.3 Å². The molecule has 0 aliphatic heterocycles. The standard InChI is InChI=1S/C27H46O5/c1-18(2)10-14-26-16-20(11-13-24(5,6)32-17-31-9)25(7,8)27(23(26)30,15-12-21(26)28)22(29)19(3)4/h10,19-21,28H,11-17H2,1-9H3/t20-,21?,26+,27+/m0/s1. The van der Waals surface area contributed by atoms with Gasteiger partial charge in [0.15, 0.2) is 5.78 Å². The minimum absolute atomic E-state index is 0.0175. The maximum Gasteiger partial charge on any atom is 0.155 e. The zero-order valence-electron chi connectivity index (χ0n) is 21.8. The summed E-state index contributed by atoms with van der Waals surface area (Å²) in [6.07, 6.45) is 5.02. The number of Topliss-reactive ketones (excluding diaryl/α,β-unsaturated/α-hetero) is 2. The Balaban J connectivity index is 2.55. The van der Waals surface area contributed by atoms with Gasteiger partial charge in [0.25, 0.3) is 0 Å². The number of aliphatic hydroxyl groups excluding tert-OH is 1. The number of hydrogen-bond donors (Lipinski definition) is 1. The summed E-state index contributed by atoms with van der Waals surface area (Å²) >= 11 is 0. The lowest BCUT2D eigenvalue weighted by Gasteiger charge is -2.63. The molecular formula is C27H46O5. The van der Waals surface area contributed by atoms with Crippen molar-refractivity contribution < 1.29 is 24.2 Å². The lowest BCUT2D eigenvalue weighted by Crippen LogP contribution is -2.69. The van der Waals surface area contributed by atoms with E-state index in [0.717, 1.165) is 18.4 Å². The first-order chi connectivity index (χ1) is 14.7. The van der Waals surface area contributed by atoms with Gasteiger partial charge < -0.3 is 14.6 Å². The van der Waals surface area contributed by atoms with E-state index in [2.05, 4.69) is 33.8 Å². The smallest absolute Gasteiger partial charge is 0.155 e. The van der Waals surface area contributed by atoms with Crippen LogP contribution >= 0.6 is 0 Å². The molecule has 0 amide bonds. The second-order valence-corrected chi connectivity index (χ2v) is 11.9. The van der Waals surface area contributed by atoms with Crippen LogP contribution in [0.25, 0.3) is 0 Å². The summed E-state index contributed by atoms with van der Waals surface area (Å²) in [7, 11) is 1.61. The third-order valence-electron chi connectivity index (χ3n) is 8.48. The van der Waals surface area contributed by atoms with Gasteiger partial charge in [0.05, 0.1) is 22.5 Å². The number of ether oxygens (including phenoxy) is 2. The monoisotopic (exact) mass is 450 g/mol. The predicted molar refractivity (Wildman–Crippen MR) is 127 cm³/mol. The maximum absolute atomic E-state index is 14.3. The molecule has 0 radical (unpaired) electrons. The molecule has 5 heteroatoms. The van der Waals surface area contributed by atoms with Gasteiger partial charge in [0, 0.05) is 13.0 Å². The molecule has 2 saturated carbocycles. The van der Waals surface area contributed by atoms with Crippen molar-refractivity contribution in [1.29, 1.82) is 0 Å². The number of carbonyl (C=O) groups is 2. The highest BCUT2D eigenvalue weighted by Crippen LogP contribution is 2.66. The van der Waals surface area contributed by atoms with E-state index in [1.54, 1.807) is 7.11 Å². The second kappa shape index (κ2) is 9.68. The summed E-state index contributed by atoms with van der Waals surface area (Å²) in [4.78, 5) is 28.0. The Hall–Kier alpha value is -1.04. The molecule has 184 valence electrons. The van der Waals surface area contributed by atoms with Crippen LogP contribution in [0.5, 0.6) is 0 Å². The lowest BCUT2D eigenvalue weighted by molar-refractivity contribution is -0.195. The van der Waals surface area contributed by atoms with Crippen molar-refractivity contribution in [2.24, 2.45) is 28.1 Å². The molecule has 0 heterocycles. The Kier molecular flexibility index (Phi) is 8.23. The van der Waals surface area contributed by atoms with Gasteiger partial charge in [-0.2, -0.15) is 0 Å². The Morgan fingerprint density at radius 2 is 1.91 bits per heavy atom. The van der Waals surface area contributed by atoms with Gasteiger partial charge in [-0.05, 0) is 77.6 Å². The minimum Gasteiger partial charge on any atom is -0.392 e. The topological polar surface area (TPSA) is 72.8 Å². The molecule has 2 bridgehead atoms. The highest BCUT2D eigenvalue weighted by Gasteiger charge is 2.71. The Morgan fingerprint density at radius 3 is 2.44 bits per heavy atom. The molecule has 4 atom stereocenters. The molecule has 1 unspecified atom stereocenters. The summed E-state index contributed by atoms with van der Waals surface area (Å²) in [6.45, 7) is 16.4. The number of aliphatic hydroxyl groups is 1. The highest BCUT2D eigenvalue weighted by atomic mass is 16.7. The Bertz CT molecular complexity index is 730. The summed E-state index contributed by atoms with van der Waals surface area (Å²) in [5, 5.41) is 11.2. The number of methoxy groups -OCH3 is 1. The van der Waals surface area contributed by atoms with E-state index >= 15 is 0 Å². The van der Waals surface area contributed by atoms with Gasteiger partial charge in [-0.1, -0.05) is 39.3 Å². The molecule has 0 saturated heterocycles. The third kappa shape index (κ3) is 4.63. The molecule has 2 aliphatic carbocycles. The van der Waals surface area contributed by atoms with Crippen molar-refractivity contribution in [3.05, 3.63) is 11.6 Å². The van der Waals surface area contributed by atoms with Crippen molar-refractivity contribution in [3.63, 3.8) is 0 Å². The molecular weight excluding hydrogens is 404 g/mol. The van der Waals surface area contributed by atoms with Gasteiger partial charge in [0.2, 0.25) is 0 Å². The number of allylic oxidation sites excluding steroid dienone is 2. The van der Waals surface area contributed by atoms with E-state index in [4.69, 9.17) is 9.47 Å². The predicted octanol–water partition coefficient (Wildman–Crippen LogP) is 5.49. The van der Waals surface area contributed by atoms with Gasteiger partial charge >= 0.3 is 0 Å². The van der Waals surface area contributed by atoms with Crippen molar-refractivity contribution in [2.45, 2.75) is 106 Å². The molecule has 1 N–H and O–H groups in total. The van der Waals surface area contributed by atoms with Crippen LogP contribution < -0.4 is 0 Å². The Labute approximate surface area is 195 Å². The van der Waals surface area contributed by atoms with E-state index in [-0.39, 0.29) is 35.8 Å². The quantitative estimate of drug-likeness (QED) is 0.271. The number of rotatable bonds is 10. The van der Waals surface area contributed by atoms with Gasteiger partial charge in [-0.15, -0.1) is 0 Å². The normalized spacial score (nSPS) is 32.2. The Morgan fingerprint density at radius 1 is 1.28 bits per heavy atom. The summed E-state index contributed by atoms with van der Waals surface area (Å²) in [5.74, 6) is -0.0830. The highest BCUT2D eigenvalue weighted by molar-refractivity contribution is 6.12. The number of fused-ring (bicyclic) bond motifs is 2. The van der Waals surface area contributed by atoms with Crippen LogP contribution in [0.15, 0.2) is 11.6 Å². The van der Waals surface area contributed by atoms with Crippen molar-refractivity contribution >= 4 is 11.6 Å². The summed E-state index contributed by atoms with van der Waals surface area (Å²) in [5.41, 5.74) is -1.67. The van der Waals surface area contributed by atoms with E-state index < -0.39 is 22.3 Å². The third-order valence-corrected chi connectivity index (χ3v) is 8.48. The molecule has 0 spiro atoms. The van der Waals surface area contributed by atoms with Gasteiger partial charge in [-0.3, -0.25) is 9.59 Å². The molecule has 2 aliphatic rings. The fourth-order valence-electron chi connectivity index (χ4n) is 6.23. The van der Waals surface area contributed by atoms with Crippen LogP contribution in [0.4, 0.5) is 0 Å². The fraction of sp³-hybridized carbons (Fsp3) is 0.852. The molecule has 5 nitrogen and oxygen atoms in total. The fourth-order valence-corrected chi connectivity index (χ4v) is 6.23. The molecule has 2 rings (SSSR count). The van der Waals surface area contributed by atoms with Crippen molar-refractivity contribution in [1.82, 2.24) is 0 Å². The van der Waals surface area contributed by atoms with Crippen LogP contribution in [0.1, 0.15) is 93.9 Å². The summed E-state index contributed by atoms with van der Waals surface area (Å²) in [6, 6.07) is 0. The van der Waals surface area contributed by atoms with Crippen LogP contribution in [0, 0.1) is 28.1 Å². The van der Waals surface area contributed by atoms with E-state index in [1.807, 2.05) is 27.7 Å². The number of ketones is 2. The van der Waals surface area contributed by atoms with Crippen LogP contribution in [0.2, 0.25) is 0 Å². The number of carbonyl (C=O) groups excluding carboxylic acids is 2. The van der Waals surface area contributed by atoms with Crippen LogP contribution in [-0.2, 0) is 19.1 Å². The molecule has 0 aromatic carbocycles. The molecule has 0 aromatic rings. The zero-order valence-corrected chi connectivity index (χ0v) is 21.8. The first-order valence-electron chi connectivity index (χ1n) is 12.2. The zero-order chi connectivity index (χ0) is 24.5. The van der Waals surface area contributed by atoms with E-state index in [9.17, 15) is 14.7 Å². The maximum atomic E-state index is 14.3. The number of hydrogen-bond acceptors (Lipinski definition) is 5. The average Bonchev–Trinajstić information content (AvgIpc) is 2.69. The van der Waals surface area contributed by atoms with Gasteiger partial charge in [-0.25, -0.2) is 0 Å². The second-order valence-electron chi connectivity index (χ2n) is 11.9. The largest absolute Gasteiger partial charge is 0.392 e. The van der Waals surface area contributed by atoms with Crippen molar-refractivity contribution in [2.75, 3.05) is 13.9 Å². The van der Waals surface area contributed by atoms with Crippen LogP contribution in [0.3, 0.4) is 0 Å². The van der Waals surface area contributed by atoms with E-state index in [1.165, 1.54) is 0 Å². The van der Waals surface area contributed by atoms with Crippen molar-refractivity contribution in [3.8, 4) is 0 Å².